The van der Waals surface area contributed by atoms with E-state index in [1.165, 1.54) is 0 Å². The molecule has 0 saturated carbocycles. The van der Waals surface area contributed by atoms with Crippen molar-refractivity contribution >= 4 is 5.57 Å². The highest BCUT2D eigenvalue weighted by Crippen LogP contribution is 2.42. The minimum absolute atomic E-state index is 0.524. The molecule has 3 rings (SSSR count). The molecule has 1 aromatic carbocycles. The molecule has 0 bridgehead atoms. The Hall–Kier alpha value is -3.35. The number of ether oxygens (including phenoxy) is 5. The average molecular weight is 427 g/mol. The first kappa shape index (κ1) is 22.3. The van der Waals surface area contributed by atoms with Gasteiger partial charge in [0.25, 0.3) is 0 Å². The van der Waals surface area contributed by atoms with Crippen LogP contribution >= 0.6 is 0 Å². The van der Waals surface area contributed by atoms with Gasteiger partial charge in [0.05, 0.1) is 34.5 Å². The third-order valence-corrected chi connectivity index (χ3v) is 4.87. The highest BCUT2D eigenvalue weighted by Gasteiger charge is 2.19. The third kappa shape index (κ3) is 5.05. The van der Waals surface area contributed by atoms with Crippen LogP contribution in [0.5, 0.6) is 17.2 Å². The molecular weight excluding hydrogens is 398 g/mol. The Labute approximate surface area is 182 Å². The van der Waals surface area contributed by atoms with Gasteiger partial charge < -0.3 is 28.2 Å². The number of hydrogen-bond donors (Lipinski definition) is 0. The monoisotopic (exact) mass is 427 g/mol. The molecule has 0 unspecified atom stereocenters. The second-order valence-corrected chi connectivity index (χ2v) is 6.86. The standard InChI is InChI=1S/C24H29NO6/c1-6-8-17(9-10-20-16(2)29-11-7-12-30-20)19-15-31-25-23(19)18-13-21(26-3)24(28-5)22(14-18)27-4/h8-10,13-15H,6-7,11-12H2,1-5H3/b10-9-,17-8+. The van der Waals surface area contributed by atoms with Crippen LogP contribution in [0.3, 0.4) is 0 Å². The van der Waals surface area contributed by atoms with Crippen molar-refractivity contribution in [3.63, 3.8) is 0 Å². The highest BCUT2D eigenvalue weighted by molar-refractivity contribution is 5.84. The first-order valence-corrected chi connectivity index (χ1v) is 10.2. The summed E-state index contributed by atoms with van der Waals surface area (Å²) in [6.45, 7) is 5.29. The summed E-state index contributed by atoms with van der Waals surface area (Å²) in [4.78, 5) is 0. The van der Waals surface area contributed by atoms with Crippen molar-refractivity contribution < 1.29 is 28.2 Å². The maximum atomic E-state index is 5.82. The quantitative estimate of drug-likeness (QED) is 0.523. The minimum Gasteiger partial charge on any atom is -0.494 e. The Balaban J connectivity index is 2.02. The van der Waals surface area contributed by atoms with E-state index in [1.54, 1.807) is 27.6 Å². The van der Waals surface area contributed by atoms with Gasteiger partial charge in [-0.2, -0.15) is 0 Å². The fraction of sp³-hybridized carbons (Fsp3) is 0.375. The molecule has 1 aliphatic heterocycles. The van der Waals surface area contributed by atoms with Gasteiger partial charge in [0.15, 0.2) is 17.3 Å². The SMILES string of the molecule is CC/C=C(\C=C/C1=C(C)OCCCO1)c1conc1-c1cc(OC)c(OC)c(OC)c1. The number of allylic oxidation sites excluding steroid dienone is 5. The zero-order valence-electron chi connectivity index (χ0n) is 18.7. The number of rotatable bonds is 8. The lowest BCUT2D eigenvalue weighted by atomic mass is 9.99. The molecule has 0 fully saturated rings. The second kappa shape index (κ2) is 10.6. The number of nitrogens with zero attached hydrogens (tertiary/aromatic N) is 1. The lowest BCUT2D eigenvalue weighted by Gasteiger charge is -2.14. The maximum Gasteiger partial charge on any atom is 0.203 e. The molecule has 2 heterocycles. The predicted molar refractivity (Wildman–Crippen MR) is 118 cm³/mol. The van der Waals surface area contributed by atoms with Crippen LogP contribution in [0, 0.1) is 0 Å². The normalized spacial score (nSPS) is 14.8. The van der Waals surface area contributed by atoms with E-state index in [0.29, 0.717) is 36.2 Å². The molecule has 2 aromatic rings. The Morgan fingerprint density at radius 2 is 1.77 bits per heavy atom. The van der Waals surface area contributed by atoms with Gasteiger partial charge >= 0.3 is 0 Å². The summed E-state index contributed by atoms with van der Waals surface area (Å²) in [6, 6.07) is 3.70. The molecule has 0 atom stereocenters. The molecule has 0 saturated heterocycles. The predicted octanol–water partition coefficient (Wildman–Crippen LogP) is 5.39. The smallest absolute Gasteiger partial charge is 0.203 e. The summed E-state index contributed by atoms with van der Waals surface area (Å²) in [5.41, 5.74) is 3.27. The van der Waals surface area contributed by atoms with Gasteiger partial charge in [0.1, 0.15) is 17.7 Å². The van der Waals surface area contributed by atoms with E-state index >= 15 is 0 Å². The second-order valence-electron chi connectivity index (χ2n) is 6.86. The summed E-state index contributed by atoms with van der Waals surface area (Å²) in [7, 11) is 4.74. The number of methoxy groups -OCH3 is 3. The molecule has 1 aromatic heterocycles. The van der Waals surface area contributed by atoms with E-state index in [2.05, 4.69) is 18.2 Å². The van der Waals surface area contributed by atoms with Crippen LogP contribution < -0.4 is 14.2 Å². The maximum absolute atomic E-state index is 5.82. The molecule has 0 spiro atoms. The van der Waals surface area contributed by atoms with Gasteiger partial charge in [0.2, 0.25) is 5.75 Å². The summed E-state index contributed by atoms with van der Waals surface area (Å²) in [6.07, 6.45) is 9.37. The molecule has 0 amide bonds. The molecule has 0 radical (unpaired) electrons. The largest absolute Gasteiger partial charge is 0.494 e. The minimum atomic E-state index is 0.524. The van der Waals surface area contributed by atoms with Crippen LogP contribution in [0.15, 0.2) is 52.7 Å². The van der Waals surface area contributed by atoms with Gasteiger partial charge in [-0.15, -0.1) is 0 Å². The average Bonchev–Trinajstić information content (AvgIpc) is 3.19. The number of hydrogen-bond acceptors (Lipinski definition) is 7. The van der Waals surface area contributed by atoms with Crippen molar-refractivity contribution in [1.29, 1.82) is 0 Å². The summed E-state index contributed by atoms with van der Waals surface area (Å²) in [5, 5.41) is 4.25. The Kier molecular flexibility index (Phi) is 7.65. The molecule has 0 N–H and O–H groups in total. The van der Waals surface area contributed by atoms with Gasteiger partial charge in [-0.25, -0.2) is 0 Å². The van der Waals surface area contributed by atoms with Crippen molar-refractivity contribution in [1.82, 2.24) is 5.16 Å². The first-order valence-electron chi connectivity index (χ1n) is 10.2. The highest BCUT2D eigenvalue weighted by atomic mass is 16.5. The van der Waals surface area contributed by atoms with E-state index < -0.39 is 0 Å². The van der Waals surface area contributed by atoms with E-state index in [0.717, 1.165) is 41.1 Å². The Morgan fingerprint density at radius 3 is 2.42 bits per heavy atom. The van der Waals surface area contributed by atoms with Gasteiger partial charge in [0, 0.05) is 17.5 Å². The van der Waals surface area contributed by atoms with Gasteiger partial charge in [-0.05, 0) is 37.1 Å². The van der Waals surface area contributed by atoms with Crippen molar-refractivity contribution in [2.24, 2.45) is 0 Å². The Morgan fingerprint density at radius 1 is 1.06 bits per heavy atom. The zero-order valence-corrected chi connectivity index (χ0v) is 18.7. The lowest BCUT2D eigenvalue weighted by molar-refractivity contribution is 0.210. The van der Waals surface area contributed by atoms with E-state index in [9.17, 15) is 0 Å². The molecule has 7 heteroatoms. The van der Waals surface area contributed by atoms with Crippen molar-refractivity contribution in [3.8, 4) is 28.5 Å². The lowest BCUT2D eigenvalue weighted by Crippen LogP contribution is -1.96. The third-order valence-electron chi connectivity index (χ3n) is 4.87. The van der Waals surface area contributed by atoms with E-state index in [4.69, 9.17) is 28.2 Å². The van der Waals surface area contributed by atoms with Gasteiger partial charge in [-0.1, -0.05) is 24.2 Å². The van der Waals surface area contributed by atoms with Crippen molar-refractivity contribution in [2.75, 3.05) is 34.5 Å². The molecule has 0 aliphatic carbocycles. The van der Waals surface area contributed by atoms with Crippen molar-refractivity contribution in [2.45, 2.75) is 26.7 Å². The summed E-state index contributed by atoms with van der Waals surface area (Å²) >= 11 is 0. The van der Waals surface area contributed by atoms with E-state index in [1.807, 2.05) is 31.2 Å². The first-order chi connectivity index (χ1) is 15.1. The number of aromatic nitrogens is 1. The number of benzene rings is 1. The molecular formula is C24H29NO6. The van der Waals surface area contributed by atoms with Crippen LogP contribution in [0.25, 0.3) is 16.8 Å². The molecule has 166 valence electrons. The fourth-order valence-electron chi connectivity index (χ4n) is 3.33. The topological polar surface area (TPSA) is 72.2 Å². The van der Waals surface area contributed by atoms with Crippen LogP contribution in [0.4, 0.5) is 0 Å². The Bertz CT molecular complexity index is 961. The van der Waals surface area contributed by atoms with Crippen LogP contribution in [-0.2, 0) is 9.47 Å². The fourth-order valence-corrected chi connectivity index (χ4v) is 3.33. The van der Waals surface area contributed by atoms with Crippen LogP contribution in [-0.4, -0.2) is 39.7 Å². The summed E-state index contributed by atoms with van der Waals surface area (Å²) in [5.74, 6) is 3.13. The molecule has 1 aliphatic rings. The molecule has 31 heavy (non-hydrogen) atoms. The van der Waals surface area contributed by atoms with Crippen LogP contribution in [0.1, 0.15) is 32.3 Å². The van der Waals surface area contributed by atoms with Crippen LogP contribution in [0.2, 0.25) is 0 Å². The van der Waals surface area contributed by atoms with Gasteiger partial charge in [-0.3, -0.25) is 0 Å². The van der Waals surface area contributed by atoms with E-state index in [-0.39, 0.29) is 0 Å². The molecule has 7 nitrogen and oxygen atoms in total. The zero-order chi connectivity index (χ0) is 22.2. The van der Waals surface area contributed by atoms with Crippen molar-refractivity contribution in [3.05, 3.63) is 53.7 Å². The summed E-state index contributed by atoms with van der Waals surface area (Å²) < 4.78 is 33.3.